The average molecular weight is 384 g/mol. The van der Waals surface area contributed by atoms with Gasteiger partial charge in [-0.25, -0.2) is 0 Å². The molecule has 3 rings (SSSR count). The van der Waals surface area contributed by atoms with Crippen LogP contribution in [0.1, 0.15) is 5.56 Å². The molecule has 0 atom stereocenters. The van der Waals surface area contributed by atoms with Crippen molar-refractivity contribution in [2.75, 3.05) is 5.32 Å². The van der Waals surface area contributed by atoms with E-state index >= 15 is 0 Å². The Kier molecular flexibility index (Phi) is 5.95. The second kappa shape index (κ2) is 8.56. The van der Waals surface area contributed by atoms with Crippen LogP contribution in [0.5, 0.6) is 11.5 Å². The van der Waals surface area contributed by atoms with Gasteiger partial charge in [0, 0.05) is 11.8 Å². The monoisotopic (exact) mass is 383 g/mol. The lowest BCUT2D eigenvalue weighted by molar-refractivity contribution is -0.111. The summed E-state index contributed by atoms with van der Waals surface area (Å²) in [6.07, 6.45) is 3.11. The zero-order valence-corrected chi connectivity index (χ0v) is 15.2. The summed E-state index contributed by atoms with van der Waals surface area (Å²) in [7, 11) is 0. The minimum absolute atomic E-state index is 0.243. The smallest absolute Gasteiger partial charge is 0.248 e. The van der Waals surface area contributed by atoms with Gasteiger partial charge in [0.2, 0.25) is 5.91 Å². The minimum Gasteiger partial charge on any atom is -0.457 e. The number of anilines is 1. The van der Waals surface area contributed by atoms with Crippen molar-refractivity contribution < 1.29 is 9.53 Å². The molecule has 0 fully saturated rings. The van der Waals surface area contributed by atoms with Crippen LogP contribution in [0.4, 0.5) is 5.69 Å². The number of carbonyl (C=O) groups excluding carboxylic acids is 1. The van der Waals surface area contributed by atoms with Crippen molar-refractivity contribution in [1.82, 2.24) is 0 Å². The van der Waals surface area contributed by atoms with E-state index in [1.807, 2.05) is 30.3 Å². The molecule has 0 aromatic heterocycles. The normalized spacial score (nSPS) is 10.7. The van der Waals surface area contributed by atoms with Crippen LogP contribution in [0.15, 0.2) is 78.9 Å². The molecular formula is C21H15Cl2NO2. The van der Waals surface area contributed by atoms with E-state index in [2.05, 4.69) is 5.32 Å². The van der Waals surface area contributed by atoms with Gasteiger partial charge in [-0.05, 0) is 60.2 Å². The number of ether oxygens (including phenoxy) is 1. The van der Waals surface area contributed by atoms with E-state index in [1.165, 1.54) is 6.08 Å². The molecule has 0 unspecified atom stereocenters. The van der Waals surface area contributed by atoms with E-state index in [-0.39, 0.29) is 5.91 Å². The SMILES string of the molecule is O=C(/C=C/c1ccc(Cl)c(Cl)c1)Nc1ccc(Oc2ccccc2)cc1. The Balaban J connectivity index is 1.58. The molecule has 0 spiro atoms. The summed E-state index contributed by atoms with van der Waals surface area (Å²) < 4.78 is 5.71. The van der Waals surface area contributed by atoms with Gasteiger partial charge in [-0.1, -0.05) is 47.5 Å². The molecule has 0 aliphatic carbocycles. The van der Waals surface area contributed by atoms with Crippen LogP contribution in [-0.2, 0) is 4.79 Å². The molecule has 3 aromatic carbocycles. The van der Waals surface area contributed by atoms with Crippen molar-refractivity contribution in [1.29, 1.82) is 0 Å². The second-order valence-electron chi connectivity index (χ2n) is 5.44. The first-order chi connectivity index (χ1) is 12.6. The van der Waals surface area contributed by atoms with Crippen molar-refractivity contribution in [3.63, 3.8) is 0 Å². The van der Waals surface area contributed by atoms with Crippen LogP contribution in [0.2, 0.25) is 10.0 Å². The van der Waals surface area contributed by atoms with E-state index < -0.39 is 0 Å². The number of rotatable bonds is 5. The van der Waals surface area contributed by atoms with Crippen LogP contribution in [-0.4, -0.2) is 5.91 Å². The first kappa shape index (κ1) is 18.1. The van der Waals surface area contributed by atoms with E-state index in [0.29, 0.717) is 21.5 Å². The van der Waals surface area contributed by atoms with Gasteiger partial charge in [0.05, 0.1) is 10.0 Å². The highest BCUT2D eigenvalue weighted by Crippen LogP contribution is 2.24. The van der Waals surface area contributed by atoms with E-state index in [0.717, 1.165) is 11.3 Å². The third kappa shape index (κ3) is 5.12. The maximum atomic E-state index is 12.0. The van der Waals surface area contributed by atoms with Crippen molar-refractivity contribution >= 4 is 40.9 Å². The fourth-order valence-corrected chi connectivity index (χ4v) is 2.51. The summed E-state index contributed by atoms with van der Waals surface area (Å²) in [5, 5.41) is 3.71. The Morgan fingerprint density at radius 2 is 1.54 bits per heavy atom. The lowest BCUT2D eigenvalue weighted by Gasteiger charge is -2.07. The highest BCUT2D eigenvalue weighted by molar-refractivity contribution is 6.42. The molecule has 1 amide bonds. The Hall–Kier alpha value is -2.75. The molecule has 3 aromatic rings. The zero-order chi connectivity index (χ0) is 18.4. The van der Waals surface area contributed by atoms with Crippen LogP contribution < -0.4 is 10.1 Å². The molecule has 0 aliphatic heterocycles. The zero-order valence-electron chi connectivity index (χ0n) is 13.7. The summed E-state index contributed by atoms with van der Waals surface area (Å²) in [6, 6.07) is 21.8. The number of amides is 1. The highest BCUT2D eigenvalue weighted by atomic mass is 35.5. The van der Waals surface area contributed by atoms with Crippen LogP contribution >= 0.6 is 23.2 Å². The first-order valence-electron chi connectivity index (χ1n) is 7.87. The predicted octanol–water partition coefficient (Wildman–Crippen LogP) is 6.44. The van der Waals surface area contributed by atoms with Gasteiger partial charge in [-0.3, -0.25) is 4.79 Å². The molecule has 1 N–H and O–H groups in total. The minimum atomic E-state index is -0.243. The maximum absolute atomic E-state index is 12.0. The number of halogens is 2. The molecule has 0 radical (unpaired) electrons. The average Bonchev–Trinajstić information content (AvgIpc) is 2.65. The van der Waals surface area contributed by atoms with Gasteiger partial charge in [-0.2, -0.15) is 0 Å². The van der Waals surface area contributed by atoms with Gasteiger partial charge in [0.15, 0.2) is 0 Å². The second-order valence-corrected chi connectivity index (χ2v) is 6.25. The molecule has 130 valence electrons. The third-order valence-electron chi connectivity index (χ3n) is 3.47. The summed E-state index contributed by atoms with van der Waals surface area (Å²) >= 11 is 11.8. The summed E-state index contributed by atoms with van der Waals surface area (Å²) in [4.78, 5) is 12.0. The highest BCUT2D eigenvalue weighted by Gasteiger charge is 2.01. The molecule has 0 aliphatic rings. The summed E-state index contributed by atoms with van der Waals surface area (Å²) in [5.74, 6) is 1.21. The molecule has 0 saturated heterocycles. The van der Waals surface area contributed by atoms with Gasteiger partial charge in [0.1, 0.15) is 11.5 Å². The molecule has 5 heteroatoms. The van der Waals surface area contributed by atoms with Crippen LogP contribution in [0, 0.1) is 0 Å². The summed E-state index contributed by atoms with van der Waals surface area (Å²) in [5.41, 5.74) is 1.47. The Bertz CT molecular complexity index is 923. The largest absolute Gasteiger partial charge is 0.457 e. The van der Waals surface area contributed by atoms with E-state index in [9.17, 15) is 4.79 Å². The van der Waals surface area contributed by atoms with E-state index in [1.54, 1.807) is 48.5 Å². The van der Waals surface area contributed by atoms with Crippen molar-refractivity contribution in [2.24, 2.45) is 0 Å². The van der Waals surface area contributed by atoms with Crippen LogP contribution in [0.25, 0.3) is 6.08 Å². The molecule has 26 heavy (non-hydrogen) atoms. The first-order valence-corrected chi connectivity index (χ1v) is 8.63. The Morgan fingerprint density at radius 3 is 2.23 bits per heavy atom. The van der Waals surface area contributed by atoms with Gasteiger partial charge < -0.3 is 10.1 Å². The molecule has 0 heterocycles. The van der Waals surface area contributed by atoms with Crippen LogP contribution in [0.3, 0.4) is 0 Å². The third-order valence-corrected chi connectivity index (χ3v) is 4.21. The Morgan fingerprint density at radius 1 is 0.846 bits per heavy atom. The van der Waals surface area contributed by atoms with E-state index in [4.69, 9.17) is 27.9 Å². The number of hydrogen-bond donors (Lipinski definition) is 1. The van der Waals surface area contributed by atoms with Gasteiger partial charge >= 0.3 is 0 Å². The Labute approximate surface area is 161 Å². The standard InChI is InChI=1S/C21H15Cl2NO2/c22-19-12-6-15(14-20(19)23)7-13-21(25)24-16-8-10-18(11-9-16)26-17-4-2-1-3-5-17/h1-14H,(H,24,25)/b13-7+. The topological polar surface area (TPSA) is 38.3 Å². The lowest BCUT2D eigenvalue weighted by atomic mass is 10.2. The summed E-state index contributed by atoms with van der Waals surface area (Å²) in [6.45, 7) is 0. The quantitative estimate of drug-likeness (QED) is 0.514. The fraction of sp³-hybridized carbons (Fsp3) is 0. The molecule has 3 nitrogen and oxygen atoms in total. The lowest BCUT2D eigenvalue weighted by Crippen LogP contribution is -2.07. The predicted molar refractivity (Wildman–Crippen MR) is 107 cm³/mol. The number of benzene rings is 3. The van der Waals surface area contributed by atoms with Crippen molar-refractivity contribution in [3.05, 3.63) is 94.5 Å². The molecule has 0 saturated carbocycles. The van der Waals surface area contributed by atoms with Gasteiger partial charge in [-0.15, -0.1) is 0 Å². The number of carbonyl (C=O) groups is 1. The maximum Gasteiger partial charge on any atom is 0.248 e. The number of para-hydroxylation sites is 1. The molecular weight excluding hydrogens is 369 g/mol. The van der Waals surface area contributed by atoms with Gasteiger partial charge in [0.25, 0.3) is 0 Å². The molecule has 0 bridgehead atoms. The fourth-order valence-electron chi connectivity index (χ4n) is 2.20. The van der Waals surface area contributed by atoms with Crippen molar-refractivity contribution in [2.45, 2.75) is 0 Å². The number of hydrogen-bond acceptors (Lipinski definition) is 2. The number of nitrogens with one attached hydrogen (secondary N) is 1. The van der Waals surface area contributed by atoms with Crippen molar-refractivity contribution in [3.8, 4) is 11.5 Å².